The number of hydrogen-bond donors (Lipinski definition) is 2. The first kappa shape index (κ1) is 26.4. The van der Waals surface area contributed by atoms with E-state index in [1.54, 1.807) is 48.5 Å². The number of amides is 1. The second-order valence-corrected chi connectivity index (χ2v) is 8.43. The highest BCUT2D eigenvalue weighted by Crippen LogP contribution is 2.23. The Labute approximate surface area is 205 Å². The van der Waals surface area contributed by atoms with Crippen LogP contribution in [0, 0.1) is 0 Å². The van der Waals surface area contributed by atoms with Crippen LogP contribution in [0.1, 0.15) is 41.0 Å². The van der Waals surface area contributed by atoms with Gasteiger partial charge in [0.25, 0.3) is 11.5 Å². The maximum atomic E-state index is 13.0. The molecule has 10 heteroatoms. The zero-order chi connectivity index (χ0) is 25.4. The number of aryl methyl sites for hydroxylation is 1. The Kier molecular flexibility index (Phi) is 9.06. The topological polar surface area (TPSA) is 84.2 Å². The van der Waals surface area contributed by atoms with Gasteiger partial charge in [-0.1, -0.05) is 35.9 Å². The number of carbonyl (C=O) groups is 1. The van der Waals surface area contributed by atoms with E-state index in [9.17, 15) is 22.8 Å². The van der Waals surface area contributed by atoms with Gasteiger partial charge in [-0.3, -0.25) is 14.2 Å². The van der Waals surface area contributed by atoms with E-state index in [2.05, 4.69) is 10.3 Å². The molecule has 0 aliphatic carbocycles. The fourth-order valence-electron chi connectivity index (χ4n) is 3.51. The number of hydrogen-bond acceptors (Lipinski definition) is 4. The normalized spacial score (nSPS) is 11.5. The number of halogens is 4. The molecule has 1 amide bonds. The molecule has 3 rings (SSSR count). The summed E-state index contributed by atoms with van der Waals surface area (Å²) in [5.41, 5.74) is 1.56. The lowest BCUT2D eigenvalue weighted by atomic mass is 10.1. The van der Waals surface area contributed by atoms with Crippen LogP contribution in [-0.4, -0.2) is 39.9 Å². The summed E-state index contributed by atoms with van der Waals surface area (Å²) in [6.07, 6.45) is -5.13. The van der Waals surface area contributed by atoms with Crippen molar-refractivity contribution in [2.75, 3.05) is 13.2 Å². The summed E-state index contributed by atoms with van der Waals surface area (Å²) in [6.45, 7) is 0.323. The number of nitrogens with zero attached hydrogens (tertiary/aromatic N) is 2. The summed E-state index contributed by atoms with van der Waals surface area (Å²) in [5, 5.41) is 12.1. The molecule has 3 aromatic rings. The molecule has 2 N–H and O–H groups in total. The molecule has 186 valence electrons. The molecular weight excluding hydrogens is 483 g/mol. The maximum absolute atomic E-state index is 13.0. The molecule has 1 heterocycles. The predicted octanol–water partition coefficient (Wildman–Crippen LogP) is 4.61. The molecule has 0 fully saturated rings. The first-order chi connectivity index (χ1) is 16.7. The van der Waals surface area contributed by atoms with Crippen LogP contribution in [0.2, 0.25) is 5.02 Å². The van der Waals surface area contributed by atoms with Crippen molar-refractivity contribution in [1.29, 1.82) is 0 Å². The standard InChI is InChI=1S/C25H25ClF3N3O3/c26-20-9-7-18(8-10-20)21-15-23(34)32(22(31-21)6-2-11-25(27,28)29)16-17-4-1-5-19(14-17)24(35)30-12-3-13-33/h1,4-5,7-10,14-15,33H,2-3,6,11-13,16H2,(H,30,35). The van der Waals surface area contributed by atoms with Gasteiger partial charge in [-0.2, -0.15) is 13.2 Å². The molecule has 0 aliphatic rings. The summed E-state index contributed by atoms with van der Waals surface area (Å²) < 4.78 is 39.6. The average Bonchev–Trinajstić information content (AvgIpc) is 2.81. The second kappa shape index (κ2) is 12.0. The molecule has 6 nitrogen and oxygen atoms in total. The minimum atomic E-state index is -4.31. The average molecular weight is 508 g/mol. The van der Waals surface area contributed by atoms with Crippen molar-refractivity contribution in [1.82, 2.24) is 14.9 Å². The van der Waals surface area contributed by atoms with Crippen molar-refractivity contribution >= 4 is 17.5 Å². The zero-order valence-electron chi connectivity index (χ0n) is 18.8. The van der Waals surface area contributed by atoms with Crippen molar-refractivity contribution in [2.45, 2.75) is 38.4 Å². The van der Waals surface area contributed by atoms with Crippen LogP contribution >= 0.6 is 11.6 Å². The number of benzene rings is 2. The van der Waals surface area contributed by atoms with Crippen LogP contribution in [0.5, 0.6) is 0 Å². The van der Waals surface area contributed by atoms with Crippen molar-refractivity contribution < 1.29 is 23.1 Å². The lowest BCUT2D eigenvalue weighted by Gasteiger charge is -2.15. The molecule has 0 radical (unpaired) electrons. The summed E-state index contributed by atoms with van der Waals surface area (Å²) in [4.78, 5) is 29.9. The van der Waals surface area contributed by atoms with Crippen LogP contribution in [0.25, 0.3) is 11.3 Å². The Hall–Kier alpha value is -3.17. The van der Waals surface area contributed by atoms with Crippen LogP contribution < -0.4 is 10.9 Å². The summed E-state index contributed by atoms with van der Waals surface area (Å²) in [5.74, 6) is -0.0984. The van der Waals surface area contributed by atoms with Gasteiger partial charge in [-0.05, 0) is 42.7 Å². The smallest absolute Gasteiger partial charge is 0.389 e. The SMILES string of the molecule is O=C(NCCCO)c1cccc(Cn2c(CCCC(F)(F)F)nc(-c3ccc(Cl)cc3)cc2=O)c1. The highest BCUT2D eigenvalue weighted by molar-refractivity contribution is 6.30. The zero-order valence-corrected chi connectivity index (χ0v) is 19.6. The van der Waals surface area contributed by atoms with Crippen LogP contribution in [0.3, 0.4) is 0 Å². The quantitative estimate of drug-likeness (QED) is 0.393. The number of rotatable bonds is 10. The number of aliphatic hydroxyl groups excluding tert-OH is 1. The largest absolute Gasteiger partial charge is 0.396 e. The number of carbonyl (C=O) groups excluding carboxylic acids is 1. The Morgan fingerprint density at radius 2 is 1.83 bits per heavy atom. The van der Waals surface area contributed by atoms with Gasteiger partial charge in [-0.25, -0.2) is 4.98 Å². The van der Waals surface area contributed by atoms with Gasteiger partial charge in [0, 0.05) is 48.2 Å². The molecule has 0 spiro atoms. The van der Waals surface area contributed by atoms with Gasteiger partial charge in [0.05, 0.1) is 12.2 Å². The van der Waals surface area contributed by atoms with E-state index in [1.165, 1.54) is 10.6 Å². The highest BCUT2D eigenvalue weighted by Gasteiger charge is 2.26. The first-order valence-electron chi connectivity index (χ1n) is 11.1. The van der Waals surface area contributed by atoms with Gasteiger partial charge < -0.3 is 10.4 Å². The van der Waals surface area contributed by atoms with Crippen molar-refractivity contribution in [3.8, 4) is 11.3 Å². The minimum Gasteiger partial charge on any atom is -0.396 e. The van der Waals surface area contributed by atoms with Gasteiger partial charge in [-0.15, -0.1) is 0 Å². The van der Waals surface area contributed by atoms with Gasteiger partial charge in [0.2, 0.25) is 0 Å². The van der Waals surface area contributed by atoms with Crippen LogP contribution in [0.15, 0.2) is 59.4 Å². The lowest BCUT2D eigenvalue weighted by molar-refractivity contribution is -0.135. The van der Waals surface area contributed by atoms with E-state index in [-0.39, 0.29) is 37.7 Å². The number of nitrogens with one attached hydrogen (secondary N) is 1. The maximum Gasteiger partial charge on any atom is 0.389 e. The van der Waals surface area contributed by atoms with Crippen LogP contribution in [-0.2, 0) is 13.0 Å². The van der Waals surface area contributed by atoms with Gasteiger partial charge in [0.15, 0.2) is 0 Å². The van der Waals surface area contributed by atoms with Gasteiger partial charge >= 0.3 is 6.18 Å². The minimum absolute atomic E-state index is 0.0423. The van der Waals surface area contributed by atoms with E-state index in [0.717, 1.165) is 0 Å². The molecule has 0 atom stereocenters. The number of aromatic nitrogens is 2. The second-order valence-electron chi connectivity index (χ2n) is 7.99. The fraction of sp³-hybridized carbons (Fsp3) is 0.320. The Morgan fingerprint density at radius 1 is 1.09 bits per heavy atom. The molecule has 0 saturated heterocycles. The summed E-state index contributed by atoms with van der Waals surface area (Å²) in [6, 6.07) is 14.6. The van der Waals surface area contributed by atoms with E-state index < -0.39 is 18.2 Å². The monoisotopic (exact) mass is 507 g/mol. The number of alkyl halides is 3. The summed E-state index contributed by atoms with van der Waals surface area (Å²) >= 11 is 5.93. The predicted molar refractivity (Wildman–Crippen MR) is 128 cm³/mol. The Bertz CT molecular complexity index is 1210. The van der Waals surface area contributed by atoms with Gasteiger partial charge in [0.1, 0.15) is 5.82 Å². The third-order valence-electron chi connectivity index (χ3n) is 5.24. The molecule has 0 aliphatic heterocycles. The highest BCUT2D eigenvalue weighted by atomic mass is 35.5. The number of aliphatic hydroxyl groups is 1. The molecule has 0 saturated carbocycles. The molecule has 2 aromatic carbocycles. The fourth-order valence-corrected chi connectivity index (χ4v) is 3.63. The Morgan fingerprint density at radius 3 is 2.51 bits per heavy atom. The van der Waals surface area contributed by atoms with Crippen molar-refractivity contribution in [3.63, 3.8) is 0 Å². The summed E-state index contributed by atoms with van der Waals surface area (Å²) in [7, 11) is 0. The first-order valence-corrected chi connectivity index (χ1v) is 11.5. The molecule has 1 aromatic heterocycles. The molecular formula is C25H25ClF3N3O3. The molecule has 35 heavy (non-hydrogen) atoms. The lowest BCUT2D eigenvalue weighted by Crippen LogP contribution is -2.27. The van der Waals surface area contributed by atoms with E-state index in [0.29, 0.717) is 40.4 Å². The molecule has 0 bridgehead atoms. The van der Waals surface area contributed by atoms with E-state index in [1.807, 2.05) is 0 Å². The third kappa shape index (κ3) is 7.93. The Balaban J connectivity index is 1.91. The molecule has 0 unspecified atom stereocenters. The van der Waals surface area contributed by atoms with Crippen molar-refractivity contribution in [3.05, 3.63) is 86.9 Å². The van der Waals surface area contributed by atoms with E-state index >= 15 is 0 Å². The van der Waals surface area contributed by atoms with E-state index in [4.69, 9.17) is 16.7 Å². The van der Waals surface area contributed by atoms with Crippen LogP contribution in [0.4, 0.5) is 13.2 Å². The van der Waals surface area contributed by atoms with Crippen molar-refractivity contribution in [2.24, 2.45) is 0 Å². The third-order valence-corrected chi connectivity index (χ3v) is 5.49.